The lowest BCUT2D eigenvalue weighted by Crippen LogP contribution is -2.52. The van der Waals surface area contributed by atoms with Crippen LogP contribution in [0.4, 0.5) is 13.2 Å². The minimum absolute atomic E-state index is 0.0562. The first-order chi connectivity index (χ1) is 15.0. The number of hydrogen-bond acceptors (Lipinski definition) is 5. The topological polar surface area (TPSA) is 63.7 Å². The number of carbonyl (C=O) groups excluding carboxylic acids is 1. The van der Waals surface area contributed by atoms with Gasteiger partial charge in [0.15, 0.2) is 5.75 Å². The highest BCUT2D eigenvalue weighted by Crippen LogP contribution is 2.32. The Labute approximate surface area is 185 Å². The van der Waals surface area contributed by atoms with Crippen LogP contribution in [0.3, 0.4) is 0 Å². The van der Waals surface area contributed by atoms with Crippen molar-refractivity contribution in [3.05, 3.63) is 54.2 Å². The molecule has 1 N–H and O–H groups in total. The number of nitrogens with zero attached hydrogens (tertiary/aromatic N) is 2. The van der Waals surface area contributed by atoms with Gasteiger partial charge in [-0.3, -0.25) is 4.79 Å². The molecule has 1 aliphatic heterocycles. The zero-order valence-corrected chi connectivity index (χ0v) is 18.4. The van der Waals surface area contributed by atoms with E-state index in [1.165, 1.54) is 12.3 Å². The molecule has 0 aliphatic carbocycles. The summed E-state index contributed by atoms with van der Waals surface area (Å²) in [5.41, 5.74) is 0.151. The second-order valence-corrected chi connectivity index (χ2v) is 8.68. The van der Waals surface area contributed by atoms with Gasteiger partial charge in [-0.05, 0) is 51.6 Å². The smallest absolute Gasteiger partial charge is 0.474 e. The van der Waals surface area contributed by atoms with Gasteiger partial charge in [0, 0.05) is 24.7 Å². The fourth-order valence-electron chi connectivity index (χ4n) is 3.69. The zero-order chi connectivity index (χ0) is 23.4. The van der Waals surface area contributed by atoms with E-state index >= 15 is 0 Å². The van der Waals surface area contributed by atoms with Crippen LogP contribution in [0.15, 0.2) is 48.7 Å². The van der Waals surface area contributed by atoms with Gasteiger partial charge in [0.05, 0.1) is 5.41 Å². The molecular formula is C23H28F3N3O3. The first-order valence-electron chi connectivity index (χ1n) is 10.4. The molecule has 0 radical (unpaired) electrons. The number of likely N-dealkylation sites (tertiary alicyclic amines) is 1. The minimum atomic E-state index is -4.87. The third kappa shape index (κ3) is 6.35. The molecule has 1 aromatic carbocycles. The number of hydrogen-bond donors (Lipinski definition) is 1. The van der Waals surface area contributed by atoms with Gasteiger partial charge in [-0.25, -0.2) is 4.98 Å². The lowest BCUT2D eigenvalue weighted by atomic mass is 9.84. The minimum Gasteiger partial charge on any atom is -0.474 e. The summed E-state index contributed by atoms with van der Waals surface area (Å²) >= 11 is 0. The molecule has 9 heteroatoms. The van der Waals surface area contributed by atoms with Crippen LogP contribution in [0.1, 0.15) is 31.7 Å². The summed E-state index contributed by atoms with van der Waals surface area (Å²) in [6, 6.07) is 12.4. The van der Waals surface area contributed by atoms with Crippen LogP contribution in [0.25, 0.3) is 0 Å². The number of amides is 1. The Balaban J connectivity index is 1.67. The van der Waals surface area contributed by atoms with E-state index < -0.39 is 17.5 Å². The number of alkyl halides is 3. The molecule has 1 saturated heterocycles. The number of carbonyl (C=O) groups is 1. The summed E-state index contributed by atoms with van der Waals surface area (Å²) in [5, 5.41) is 3.14. The average molecular weight is 451 g/mol. The van der Waals surface area contributed by atoms with Crippen LogP contribution in [-0.4, -0.2) is 54.9 Å². The molecule has 6 nitrogen and oxygen atoms in total. The first kappa shape index (κ1) is 23.8. The van der Waals surface area contributed by atoms with Gasteiger partial charge in [-0.2, -0.15) is 0 Å². The average Bonchev–Trinajstić information content (AvgIpc) is 2.74. The Morgan fingerprint density at radius 1 is 1.19 bits per heavy atom. The SMILES string of the molecule is CN1CC[C@@H](NC(=O)C(C)(C)COc2ncccc2OC(F)(F)F)[C@H](c2ccccc2)C1. The molecular weight excluding hydrogens is 423 g/mol. The predicted molar refractivity (Wildman–Crippen MR) is 113 cm³/mol. The number of nitrogens with one attached hydrogen (secondary N) is 1. The molecule has 1 amide bonds. The zero-order valence-electron chi connectivity index (χ0n) is 18.4. The normalized spacial score (nSPS) is 19.9. The molecule has 0 bridgehead atoms. The number of ether oxygens (including phenoxy) is 2. The highest BCUT2D eigenvalue weighted by Gasteiger charge is 2.36. The number of pyridine rings is 1. The molecule has 1 aromatic heterocycles. The van der Waals surface area contributed by atoms with Crippen molar-refractivity contribution >= 4 is 5.91 Å². The molecule has 1 fully saturated rings. The number of halogens is 3. The van der Waals surface area contributed by atoms with Crippen molar-refractivity contribution in [2.75, 3.05) is 26.7 Å². The van der Waals surface area contributed by atoms with E-state index in [0.717, 1.165) is 31.1 Å². The highest BCUT2D eigenvalue weighted by atomic mass is 19.4. The third-order valence-electron chi connectivity index (χ3n) is 5.51. The van der Waals surface area contributed by atoms with Crippen LogP contribution in [0.5, 0.6) is 11.6 Å². The largest absolute Gasteiger partial charge is 0.573 e. The third-order valence-corrected chi connectivity index (χ3v) is 5.51. The number of benzene rings is 1. The maximum atomic E-state index is 13.1. The Bertz CT molecular complexity index is 906. The van der Waals surface area contributed by atoms with Crippen molar-refractivity contribution in [2.45, 2.75) is 38.6 Å². The second-order valence-electron chi connectivity index (χ2n) is 8.68. The Kier molecular flexibility index (Phi) is 7.28. The van der Waals surface area contributed by atoms with Crippen molar-refractivity contribution in [1.29, 1.82) is 0 Å². The number of rotatable bonds is 7. The molecule has 2 aromatic rings. The van der Waals surface area contributed by atoms with E-state index in [1.807, 2.05) is 18.2 Å². The quantitative estimate of drug-likeness (QED) is 0.690. The van der Waals surface area contributed by atoms with Crippen LogP contribution in [0, 0.1) is 5.41 Å². The molecule has 0 unspecified atom stereocenters. The van der Waals surface area contributed by atoms with Crippen molar-refractivity contribution in [3.63, 3.8) is 0 Å². The van der Waals surface area contributed by atoms with E-state index in [4.69, 9.17) is 4.74 Å². The van der Waals surface area contributed by atoms with Gasteiger partial charge in [0.1, 0.15) is 6.61 Å². The van der Waals surface area contributed by atoms with Crippen molar-refractivity contribution in [1.82, 2.24) is 15.2 Å². The van der Waals surface area contributed by atoms with Crippen LogP contribution < -0.4 is 14.8 Å². The van der Waals surface area contributed by atoms with E-state index in [0.29, 0.717) is 0 Å². The van der Waals surface area contributed by atoms with E-state index in [1.54, 1.807) is 13.8 Å². The molecule has 2 heterocycles. The van der Waals surface area contributed by atoms with Crippen molar-refractivity contribution < 1.29 is 27.4 Å². The monoisotopic (exact) mass is 451 g/mol. The summed E-state index contributed by atoms with van der Waals surface area (Å²) in [7, 11) is 2.05. The summed E-state index contributed by atoms with van der Waals surface area (Å²) < 4.78 is 47.3. The molecule has 0 spiro atoms. The van der Waals surface area contributed by atoms with Crippen LogP contribution >= 0.6 is 0 Å². The van der Waals surface area contributed by atoms with E-state index in [-0.39, 0.29) is 30.4 Å². The number of piperidine rings is 1. The summed E-state index contributed by atoms with van der Waals surface area (Å²) in [4.78, 5) is 19.1. The first-order valence-corrected chi connectivity index (χ1v) is 10.4. The molecule has 3 rings (SSSR count). The highest BCUT2D eigenvalue weighted by molar-refractivity contribution is 5.82. The molecule has 2 atom stereocenters. The van der Waals surface area contributed by atoms with Gasteiger partial charge < -0.3 is 19.7 Å². The molecule has 174 valence electrons. The second kappa shape index (κ2) is 9.77. The van der Waals surface area contributed by atoms with E-state index in [9.17, 15) is 18.0 Å². The van der Waals surface area contributed by atoms with Crippen molar-refractivity contribution in [2.24, 2.45) is 5.41 Å². The predicted octanol–water partition coefficient (Wildman–Crippen LogP) is 3.99. The van der Waals surface area contributed by atoms with E-state index in [2.05, 4.69) is 39.1 Å². The summed E-state index contributed by atoms with van der Waals surface area (Å²) in [5.74, 6) is -0.955. The standard InChI is InChI=1S/C23H28F3N3O3/c1-22(2,15-31-20-19(10-7-12-27-20)32-23(24,25)26)21(30)28-18-11-13-29(3)14-17(18)16-8-5-4-6-9-16/h4-10,12,17-18H,11,13-15H2,1-3H3,(H,28,30)/t17-,18+/m0/s1. The molecule has 0 saturated carbocycles. The fraction of sp³-hybridized carbons (Fsp3) is 0.478. The van der Waals surface area contributed by atoms with Gasteiger partial charge in [-0.1, -0.05) is 30.3 Å². The maximum Gasteiger partial charge on any atom is 0.573 e. The number of aromatic nitrogens is 1. The lowest BCUT2D eigenvalue weighted by molar-refractivity contribution is -0.275. The van der Waals surface area contributed by atoms with Gasteiger partial charge in [-0.15, -0.1) is 13.2 Å². The van der Waals surface area contributed by atoms with Crippen LogP contribution in [0.2, 0.25) is 0 Å². The Morgan fingerprint density at radius 3 is 2.59 bits per heavy atom. The lowest BCUT2D eigenvalue weighted by Gasteiger charge is -2.39. The van der Waals surface area contributed by atoms with Gasteiger partial charge >= 0.3 is 6.36 Å². The fourth-order valence-corrected chi connectivity index (χ4v) is 3.69. The molecule has 1 aliphatic rings. The maximum absolute atomic E-state index is 13.1. The summed E-state index contributed by atoms with van der Waals surface area (Å²) in [6.45, 7) is 4.88. The Hall–Kier alpha value is -2.81. The molecule has 32 heavy (non-hydrogen) atoms. The Morgan fingerprint density at radius 2 is 1.91 bits per heavy atom. The van der Waals surface area contributed by atoms with Gasteiger partial charge in [0.2, 0.25) is 5.91 Å². The number of likely N-dealkylation sites (N-methyl/N-ethyl adjacent to an activating group) is 1. The van der Waals surface area contributed by atoms with Crippen molar-refractivity contribution in [3.8, 4) is 11.6 Å². The summed E-state index contributed by atoms with van der Waals surface area (Å²) in [6.07, 6.45) is -2.77. The van der Waals surface area contributed by atoms with Gasteiger partial charge in [0.25, 0.3) is 5.88 Å². The van der Waals surface area contributed by atoms with Crippen LogP contribution in [-0.2, 0) is 4.79 Å².